The van der Waals surface area contributed by atoms with Crippen LogP contribution >= 0.6 is 0 Å². The summed E-state index contributed by atoms with van der Waals surface area (Å²) in [4.78, 5) is 2.42. The average Bonchev–Trinajstić information content (AvgIpc) is 3.00. The molecule has 4 nitrogen and oxygen atoms in total. The second kappa shape index (κ2) is 7.67. The van der Waals surface area contributed by atoms with E-state index in [2.05, 4.69) is 44.2 Å². The van der Waals surface area contributed by atoms with Gasteiger partial charge >= 0.3 is 0 Å². The Balaban J connectivity index is 1.72. The largest absolute Gasteiger partial charge is 0.497 e. The van der Waals surface area contributed by atoms with Crippen LogP contribution in [0.25, 0.3) is 0 Å². The highest BCUT2D eigenvalue weighted by Crippen LogP contribution is 2.30. The van der Waals surface area contributed by atoms with Crippen LogP contribution in [-0.4, -0.2) is 46.9 Å². The minimum absolute atomic E-state index is 0.597. The summed E-state index contributed by atoms with van der Waals surface area (Å²) < 4.78 is 11.3. The Morgan fingerprint density at radius 3 is 2.58 bits per heavy atom. The summed E-state index contributed by atoms with van der Waals surface area (Å²) in [6.07, 6.45) is 2.54. The minimum Gasteiger partial charge on any atom is -0.497 e. The standard InChI is InChI=1S/C18H24B2N2O2/c1-23-15-5-7-16(8-6-15)24-18-11-13(19)4-9-17(18)21-12-14-3-2-10-22(14)20/h4-9,11,14,21H,2-3,10,12,19-20H2,1H3/t14-/m0/s1. The fraction of sp³-hybridized carbons (Fsp3) is 0.333. The molecule has 0 unspecified atom stereocenters. The molecule has 1 N–H and O–H groups in total. The van der Waals surface area contributed by atoms with E-state index in [1.807, 2.05) is 24.3 Å². The highest BCUT2D eigenvalue weighted by Gasteiger charge is 2.20. The quantitative estimate of drug-likeness (QED) is 0.810. The number of hydrogen-bond donors (Lipinski definition) is 1. The number of benzene rings is 2. The molecule has 2 aromatic carbocycles. The molecule has 24 heavy (non-hydrogen) atoms. The summed E-state index contributed by atoms with van der Waals surface area (Å²) in [7, 11) is 5.94. The molecule has 1 aliphatic rings. The molecular formula is C18H24B2N2O2. The smallest absolute Gasteiger partial charge is 0.185 e. The van der Waals surface area contributed by atoms with E-state index in [1.54, 1.807) is 7.11 Å². The van der Waals surface area contributed by atoms with E-state index in [1.165, 1.54) is 24.8 Å². The maximum Gasteiger partial charge on any atom is 0.185 e. The van der Waals surface area contributed by atoms with E-state index in [4.69, 9.17) is 9.47 Å². The van der Waals surface area contributed by atoms with Gasteiger partial charge in [-0.1, -0.05) is 11.5 Å². The van der Waals surface area contributed by atoms with Crippen LogP contribution < -0.4 is 20.3 Å². The zero-order chi connectivity index (χ0) is 16.9. The van der Waals surface area contributed by atoms with Crippen molar-refractivity contribution in [3.63, 3.8) is 0 Å². The van der Waals surface area contributed by atoms with E-state index >= 15 is 0 Å². The Kier molecular flexibility index (Phi) is 5.36. The van der Waals surface area contributed by atoms with Crippen LogP contribution in [0.15, 0.2) is 42.5 Å². The molecule has 0 radical (unpaired) electrons. The highest BCUT2D eigenvalue weighted by molar-refractivity contribution is 6.32. The van der Waals surface area contributed by atoms with Gasteiger partial charge in [-0.15, -0.1) is 0 Å². The third-order valence-electron chi connectivity index (χ3n) is 4.62. The van der Waals surface area contributed by atoms with Crippen molar-refractivity contribution in [2.75, 3.05) is 25.5 Å². The lowest BCUT2D eigenvalue weighted by Gasteiger charge is -2.22. The van der Waals surface area contributed by atoms with Crippen LogP contribution in [0.5, 0.6) is 17.2 Å². The molecular weight excluding hydrogens is 298 g/mol. The topological polar surface area (TPSA) is 33.7 Å². The van der Waals surface area contributed by atoms with E-state index in [0.717, 1.165) is 29.5 Å². The van der Waals surface area contributed by atoms with Gasteiger partial charge in [0.15, 0.2) is 7.98 Å². The van der Waals surface area contributed by atoms with Gasteiger partial charge in [-0.05, 0) is 55.8 Å². The van der Waals surface area contributed by atoms with Gasteiger partial charge in [0.25, 0.3) is 0 Å². The molecule has 124 valence electrons. The van der Waals surface area contributed by atoms with Crippen LogP contribution in [0.4, 0.5) is 5.69 Å². The van der Waals surface area contributed by atoms with Crippen molar-refractivity contribution in [1.82, 2.24) is 4.81 Å². The van der Waals surface area contributed by atoms with E-state index in [-0.39, 0.29) is 0 Å². The fourth-order valence-corrected chi connectivity index (χ4v) is 3.10. The summed E-state index contributed by atoms with van der Waals surface area (Å²) in [5.74, 6) is 2.50. The molecule has 2 aromatic rings. The fourth-order valence-electron chi connectivity index (χ4n) is 3.10. The maximum absolute atomic E-state index is 6.10. The summed E-state index contributed by atoms with van der Waals surface area (Å²) in [5.41, 5.74) is 2.22. The first kappa shape index (κ1) is 16.8. The number of anilines is 1. The number of methoxy groups -OCH3 is 1. The molecule has 0 amide bonds. The molecule has 1 fully saturated rings. The Morgan fingerprint density at radius 1 is 1.17 bits per heavy atom. The van der Waals surface area contributed by atoms with Crippen LogP contribution in [0, 0.1) is 0 Å². The SMILES string of the molecule is Bc1ccc(NC[C@@H]2CCCN2B)c(Oc2ccc(OC)cc2)c1. The Hall–Kier alpha value is -2.07. The predicted octanol–water partition coefficient (Wildman–Crippen LogP) is 1.17. The lowest BCUT2D eigenvalue weighted by Crippen LogP contribution is -2.32. The average molecular weight is 322 g/mol. The minimum atomic E-state index is 0.597. The van der Waals surface area contributed by atoms with Crippen molar-refractivity contribution < 1.29 is 9.47 Å². The lowest BCUT2D eigenvalue weighted by molar-refractivity contribution is 0.413. The van der Waals surface area contributed by atoms with Crippen molar-refractivity contribution in [3.05, 3.63) is 42.5 Å². The molecule has 1 saturated heterocycles. The number of nitrogens with one attached hydrogen (secondary N) is 1. The molecule has 0 spiro atoms. The molecule has 1 atom stereocenters. The van der Waals surface area contributed by atoms with Crippen molar-refractivity contribution in [2.24, 2.45) is 0 Å². The third kappa shape index (κ3) is 4.06. The Morgan fingerprint density at radius 2 is 1.92 bits per heavy atom. The normalized spacial score (nSPS) is 17.6. The third-order valence-corrected chi connectivity index (χ3v) is 4.62. The number of rotatable bonds is 6. The lowest BCUT2D eigenvalue weighted by atomic mass is 9.96. The van der Waals surface area contributed by atoms with Crippen LogP contribution in [0.3, 0.4) is 0 Å². The number of nitrogens with zero attached hydrogens (tertiary/aromatic N) is 1. The molecule has 0 aromatic heterocycles. The van der Waals surface area contributed by atoms with E-state index in [9.17, 15) is 0 Å². The van der Waals surface area contributed by atoms with Gasteiger partial charge in [0, 0.05) is 12.6 Å². The van der Waals surface area contributed by atoms with Gasteiger partial charge in [-0.3, -0.25) is 0 Å². The zero-order valence-electron chi connectivity index (χ0n) is 14.7. The van der Waals surface area contributed by atoms with Crippen LogP contribution in [0.2, 0.25) is 0 Å². The van der Waals surface area contributed by atoms with Gasteiger partial charge in [-0.25, -0.2) is 0 Å². The molecule has 0 aliphatic carbocycles. The zero-order valence-corrected chi connectivity index (χ0v) is 14.7. The predicted molar refractivity (Wildman–Crippen MR) is 104 cm³/mol. The van der Waals surface area contributed by atoms with E-state index in [0.29, 0.717) is 6.04 Å². The van der Waals surface area contributed by atoms with Crippen LogP contribution in [0.1, 0.15) is 12.8 Å². The Bertz CT molecular complexity index is 679. The summed E-state index contributed by atoms with van der Waals surface area (Å²) in [6, 6.07) is 14.6. The molecule has 0 saturated carbocycles. The summed E-state index contributed by atoms with van der Waals surface area (Å²) >= 11 is 0. The Labute approximate surface area is 146 Å². The first-order valence-corrected chi connectivity index (χ1v) is 8.52. The van der Waals surface area contributed by atoms with Gasteiger partial charge in [0.1, 0.15) is 25.1 Å². The monoisotopic (exact) mass is 322 g/mol. The second-order valence-corrected chi connectivity index (χ2v) is 6.43. The van der Waals surface area contributed by atoms with Gasteiger partial charge in [0.05, 0.1) is 12.8 Å². The van der Waals surface area contributed by atoms with E-state index < -0.39 is 0 Å². The molecule has 0 bridgehead atoms. The van der Waals surface area contributed by atoms with Crippen molar-refractivity contribution in [2.45, 2.75) is 18.9 Å². The summed E-state index contributed by atoms with van der Waals surface area (Å²) in [5, 5.41) is 3.56. The van der Waals surface area contributed by atoms with Gasteiger partial charge in [0.2, 0.25) is 0 Å². The summed E-state index contributed by atoms with van der Waals surface area (Å²) in [6.45, 7) is 2.13. The highest BCUT2D eigenvalue weighted by atomic mass is 16.5. The first-order valence-electron chi connectivity index (χ1n) is 8.52. The number of hydrogen-bond acceptors (Lipinski definition) is 4. The number of ether oxygens (including phenoxy) is 2. The van der Waals surface area contributed by atoms with Crippen molar-refractivity contribution >= 4 is 27.0 Å². The molecule has 1 aliphatic heterocycles. The van der Waals surface area contributed by atoms with Gasteiger partial charge in [-0.2, -0.15) is 0 Å². The second-order valence-electron chi connectivity index (χ2n) is 6.43. The van der Waals surface area contributed by atoms with Crippen LogP contribution in [-0.2, 0) is 0 Å². The molecule has 6 heteroatoms. The first-order chi connectivity index (χ1) is 11.7. The van der Waals surface area contributed by atoms with Gasteiger partial charge < -0.3 is 19.6 Å². The molecule has 1 heterocycles. The maximum atomic E-state index is 6.10. The van der Waals surface area contributed by atoms with Crippen molar-refractivity contribution in [1.29, 1.82) is 0 Å². The molecule has 3 rings (SSSR count). The van der Waals surface area contributed by atoms with Crippen molar-refractivity contribution in [3.8, 4) is 17.2 Å².